The van der Waals surface area contributed by atoms with E-state index in [9.17, 15) is 14.4 Å². The van der Waals surface area contributed by atoms with Crippen LogP contribution in [0.15, 0.2) is 70.1 Å². The number of carbonyl (C=O) groups is 2. The lowest BCUT2D eigenvalue weighted by molar-refractivity contribution is -0.111. The van der Waals surface area contributed by atoms with E-state index in [1.165, 1.54) is 24.5 Å². The number of nitrogens with one attached hydrogen (secondary N) is 1. The molecule has 0 spiro atoms. The zero-order valence-corrected chi connectivity index (χ0v) is 12.9. The molecule has 0 aliphatic rings. The lowest BCUT2D eigenvalue weighted by Crippen LogP contribution is -2.12. The minimum absolute atomic E-state index is 0.0190. The topological polar surface area (TPSA) is 96.6 Å². The minimum atomic E-state index is -1.14. The molecule has 0 fully saturated rings. The van der Waals surface area contributed by atoms with Crippen molar-refractivity contribution in [3.63, 3.8) is 0 Å². The number of para-hydroxylation sites is 2. The van der Waals surface area contributed by atoms with Gasteiger partial charge in [-0.3, -0.25) is 9.59 Å². The highest BCUT2D eigenvalue weighted by atomic mass is 16.4. The van der Waals surface area contributed by atoms with Crippen molar-refractivity contribution in [1.82, 2.24) is 0 Å². The number of hydrogen-bond acceptors (Lipinski definition) is 4. The summed E-state index contributed by atoms with van der Waals surface area (Å²) in [4.78, 5) is 35.5. The molecule has 2 aromatic carbocycles. The van der Waals surface area contributed by atoms with E-state index >= 15 is 0 Å². The lowest BCUT2D eigenvalue weighted by Gasteiger charge is -2.05. The van der Waals surface area contributed by atoms with Gasteiger partial charge in [0.05, 0.1) is 22.2 Å². The number of rotatable bonds is 4. The molecule has 2 N–H and O–H groups in total. The largest absolute Gasteiger partial charge is 0.478 e. The summed E-state index contributed by atoms with van der Waals surface area (Å²) < 4.78 is 5.36. The highest BCUT2D eigenvalue weighted by Crippen LogP contribution is 2.15. The van der Waals surface area contributed by atoms with Gasteiger partial charge in [-0.15, -0.1) is 0 Å². The number of carboxylic acids is 1. The Morgan fingerprint density at radius 3 is 2.56 bits per heavy atom. The van der Waals surface area contributed by atoms with Crippen molar-refractivity contribution in [3.05, 3.63) is 82.2 Å². The Morgan fingerprint density at radius 2 is 1.76 bits per heavy atom. The first kappa shape index (κ1) is 16.2. The predicted molar refractivity (Wildman–Crippen MR) is 93.5 cm³/mol. The van der Waals surface area contributed by atoms with Crippen molar-refractivity contribution in [2.45, 2.75) is 0 Å². The number of carbonyl (C=O) groups excluding carboxylic acids is 1. The fraction of sp³-hybridized carbons (Fsp3) is 0. The summed E-state index contributed by atoms with van der Waals surface area (Å²) >= 11 is 0. The maximum atomic E-state index is 12.3. The number of amides is 1. The molecule has 25 heavy (non-hydrogen) atoms. The molecule has 3 rings (SSSR count). The summed E-state index contributed by atoms with van der Waals surface area (Å²) in [5.74, 6) is -1.70. The first-order valence-electron chi connectivity index (χ1n) is 7.38. The average molecular weight is 335 g/mol. The van der Waals surface area contributed by atoms with E-state index in [4.69, 9.17) is 9.52 Å². The average Bonchev–Trinajstić information content (AvgIpc) is 2.61. The van der Waals surface area contributed by atoms with Gasteiger partial charge in [0.25, 0.3) is 0 Å². The van der Waals surface area contributed by atoms with Crippen LogP contribution >= 0.6 is 0 Å². The number of hydrogen-bond donors (Lipinski definition) is 2. The zero-order valence-electron chi connectivity index (χ0n) is 12.9. The maximum Gasteiger partial charge on any atom is 0.337 e. The van der Waals surface area contributed by atoms with Crippen LogP contribution in [0.3, 0.4) is 0 Å². The van der Waals surface area contributed by atoms with E-state index in [0.29, 0.717) is 11.0 Å². The molecule has 6 heteroatoms. The van der Waals surface area contributed by atoms with Gasteiger partial charge < -0.3 is 14.8 Å². The van der Waals surface area contributed by atoms with Gasteiger partial charge in [0.2, 0.25) is 5.91 Å². The third kappa shape index (κ3) is 3.48. The second-order valence-corrected chi connectivity index (χ2v) is 5.19. The molecule has 0 unspecified atom stereocenters. The fourth-order valence-electron chi connectivity index (χ4n) is 2.33. The molecule has 1 heterocycles. The summed E-state index contributed by atoms with van der Waals surface area (Å²) in [6.07, 6.45) is 3.76. The Kier molecular flexibility index (Phi) is 4.43. The van der Waals surface area contributed by atoms with Crippen LogP contribution in [0.2, 0.25) is 0 Å². The summed E-state index contributed by atoms with van der Waals surface area (Å²) in [6.45, 7) is 0. The van der Waals surface area contributed by atoms with Crippen LogP contribution in [0, 0.1) is 0 Å². The predicted octanol–water partition coefficient (Wildman–Crippen LogP) is 3.14. The molecule has 3 aromatic rings. The van der Waals surface area contributed by atoms with Crippen molar-refractivity contribution in [1.29, 1.82) is 0 Å². The molecule has 1 aromatic heterocycles. The van der Waals surface area contributed by atoms with Gasteiger partial charge in [-0.1, -0.05) is 24.3 Å². The second kappa shape index (κ2) is 6.84. The Bertz CT molecular complexity index is 1050. The smallest absolute Gasteiger partial charge is 0.337 e. The van der Waals surface area contributed by atoms with E-state index in [-0.39, 0.29) is 22.2 Å². The highest BCUT2D eigenvalue weighted by molar-refractivity contribution is 6.06. The molecular weight excluding hydrogens is 322 g/mol. The molecule has 124 valence electrons. The standard InChI is InChI=1S/C19H13NO5/c21-17(20-15-7-3-1-5-13(15)19(23)24)10-9-12-11-25-16-8-4-2-6-14(16)18(12)22/h1-11H,(H,20,21)(H,23,24)/b10-9+. The molecule has 0 aliphatic heterocycles. The van der Waals surface area contributed by atoms with Crippen molar-refractivity contribution >= 4 is 34.6 Å². The molecule has 0 saturated heterocycles. The maximum absolute atomic E-state index is 12.3. The first-order valence-corrected chi connectivity index (χ1v) is 7.38. The molecular formula is C19H13NO5. The normalized spacial score (nSPS) is 10.9. The minimum Gasteiger partial charge on any atom is -0.478 e. The van der Waals surface area contributed by atoms with E-state index in [1.54, 1.807) is 36.4 Å². The van der Waals surface area contributed by atoms with E-state index in [1.807, 2.05) is 0 Å². The molecule has 0 aliphatic carbocycles. The Labute approximate surface area is 142 Å². The molecule has 0 bridgehead atoms. The SMILES string of the molecule is O=C(/C=C/c1coc2ccccc2c1=O)Nc1ccccc1C(=O)O. The second-order valence-electron chi connectivity index (χ2n) is 5.19. The van der Waals surface area contributed by atoms with Crippen LogP contribution < -0.4 is 10.7 Å². The number of aromatic carboxylic acids is 1. The van der Waals surface area contributed by atoms with E-state index < -0.39 is 11.9 Å². The monoisotopic (exact) mass is 335 g/mol. The number of benzene rings is 2. The zero-order chi connectivity index (χ0) is 17.8. The Morgan fingerprint density at radius 1 is 1.04 bits per heavy atom. The van der Waals surface area contributed by atoms with Crippen LogP contribution in [-0.4, -0.2) is 17.0 Å². The third-order valence-corrected chi connectivity index (χ3v) is 3.54. The van der Waals surface area contributed by atoms with Crippen molar-refractivity contribution in [2.75, 3.05) is 5.32 Å². The van der Waals surface area contributed by atoms with Crippen molar-refractivity contribution in [2.24, 2.45) is 0 Å². The third-order valence-electron chi connectivity index (χ3n) is 3.54. The van der Waals surface area contributed by atoms with Crippen LogP contribution in [0.25, 0.3) is 17.0 Å². The van der Waals surface area contributed by atoms with Crippen LogP contribution in [0.4, 0.5) is 5.69 Å². The van der Waals surface area contributed by atoms with Crippen LogP contribution in [0.5, 0.6) is 0 Å². The number of fused-ring (bicyclic) bond motifs is 1. The van der Waals surface area contributed by atoms with Gasteiger partial charge >= 0.3 is 5.97 Å². The van der Waals surface area contributed by atoms with E-state index in [0.717, 1.165) is 6.08 Å². The van der Waals surface area contributed by atoms with Crippen molar-refractivity contribution < 1.29 is 19.1 Å². The summed E-state index contributed by atoms with van der Waals surface area (Å²) in [5, 5.41) is 12.0. The van der Waals surface area contributed by atoms with Gasteiger partial charge in [-0.05, 0) is 30.3 Å². The number of anilines is 1. The number of carboxylic acid groups (broad SMARTS) is 1. The van der Waals surface area contributed by atoms with E-state index in [2.05, 4.69) is 5.32 Å². The lowest BCUT2D eigenvalue weighted by atomic mass is 10.1. The highest BCUT2D eigenvalue weighted by Gasteiger charge is 2.10. The molecule has 0 radical (unpaired) electrons. The van der Waals surface area contributed by atoms with Gasteiger partial charge in [0, 0.05) is 6.08 Å². The van der Waals surface area contributed by atoms with Gasteiger partial charge in [-0.25, -0.2) is 4.79 Å². The fourth-order valence-corrected chi connectivity index (χ4v) is 2.33. The van der Waals surface area contributed by atoms with Crippen molar-refractivity contribution in [3.8, 4) is 0 Å². The molecule has 0 saturated carbocycles. The van der Waals surface area contributed by atoms with Crippen LogP contribution in [-0.2, 0) is 4.79 Å². The molecule has 0 atom stereocenters. The van der Waals surface area contributed by atoms with Gasteiger partial charge in [0.15, 0.2) is 5.43 Å². The summed E-state index contributed by atoms with van der Waals surface area (Å²) in [6, 6.07) is 12.9. The van der Waals surface area contributed by atoms with Gasteiger partial charge in [0.1, 0.15) is 11.8 Å². The van der Waals surface area contributed by atoms with Crippen LogP contribution in [0.1, 0.15) is 15.9 Å². The first-order chi connectivity index (χ1) is 12.1. The Balaban J connectivity index is 1.83. The van der Waals surface area contributed by atoms with Gasteiger partial charge in [-0.2, -0.15) is 0 Å². The molecule has 6 nitrogen and oxygen atoms in total. The summed E-state index contributed by atoms with van der Waals surface area (Å²) in [5.41, 5.74) is 0.589. The Hall–Kier alpha value is -3.67. The summed E-state index contributed by atoms with van der Waals surface area (Å²) in [7, 11) is 0. The quantitative estimate of drug-likeness (QED) is 0.714. The molecule has 1 amide bonds.